The molecular formula is C22H20FN9O. The number of anilines is 2. The number of aryl methyl sites for hydroxylation is 2. The average molecular weight is 445 g/mol. The molecule has 0 amide bonds. The standard InChI is InChI=1S/C22H20FN9O/c1-13-6-15(33-3)7-18(20(13)23)32(12-19-24-4-5-25-19)22-27-10-17-21(30-22)29-16(9-26-17)14-8-28-31(2)11-14/h4-11H,12H2,1-3H3,(H,24,25). The number of nitrogens with zero attached hydrogens (tertiary/aromatic N) is 8. The first-order valence-corrected chi connectivity index (χ1v) is 10.1. The van der Waals surface area contributed by atoms with Gasteiger partial charge < -0.3 is 9.72 Å². The van der Waals surface area contributed by atoms with Gasteiger partial charge in [-0.15, -0.1) is 0 Å². The Labute approximate surface area is 188 Å². The lowest BCUT2D eigenvalue weighted by molar-refractivity contribution is 0.413. The van der Waals surface area contributed by atoms with Gasteiger partial charge in [-0.25, -0.2) is 24.3 Å². The van der Waals surface area contributed by atoms with Gasteiger partial charge in [-0.3, -0.25) is 9.58 Å². The number of halogens is 1. The van der Waals surface area contributed by atoms with Crippen LogP contribution in [0.25, 0.3) is 22.4 Å². The van der Waals surface area contributed by atoms with Crippen LogP contribution in [0.1, 0.15) is 11.4 Å². The van der Waals surface area contributed by atoms with Gasteiger partial charge in [0.05, 0.1) is 43.6 Å². The largest absolute Gasteiger partial charge is 0.497 e. The molecule has 0 radical (unpaired) electrons. The van der Waals surface area contributed by atoms with Crippen LogP contribution < -0.4 is 9.64 Å². The quantitative estimate of drug-likeness (QED) is 0.424. The number of H-pyrrole nitrogens is 1. The van der Waals surface area contributed by atoms with Crippen LogP contribution in [0.3, 0.4) is 0 Å². The number of methoxy groups -OCH3 is 1. The number of hydrogen-bond donors (Lipinski definition) is 1. The third kappa shape index (κ3) is 3.95. The smallest absolute Gasteiger partial charge is 0.232 e. The number of rotatable bonds is 6. The van der Waals surface area contributed by atoms with Gasteiger partial charge in [-0.1, -0.05) is 0 Å². The van der Waals surface area contributed by atoms with E-state index < -0.39 is 5.82 Å². The van der Waals surface area contributed by atoms with Crippen molar-refractivity contribution in [2.75, 3.05) is 12.0 Å². The summed E-state index contributed by atoms with van der Waals surface area (Å²) in [4.78, 5) is 27.1. The number of aromatic nitrogens is 8. The van der Waals surface area contributed by atoms with Crippen molar-refractivity contribution in [1.29, 1.82) is 0 Å². The van der Waals surface area contributed by atoms with E-state index in [1.54, 1.807) is 59.6 Å². The SMILES string of the molecule is COc1cc(C)c(F)c(N(Cc2ncc[nH]2)c2ncc3ncc(-c4cnn(C)c4)nc3n2)c1. The van der Waals surface area contributed by atoms with E-state index in [0.29, 0.717) is 34.0 Å². The fraction of sp³-hybridized carbons (Fsp3) is 0.182. The van der Waals surface area contributed by atoms with E-state index in [2.05, 4.69) is 35.0 Å². The summed E-state index contributed by atoms with van der Waals surface area (Å²) in [7, 11) is 3.37. The molecule has 1 aromatic carbocycles. The second kappa shape index (κ2) is 8.26. The highest BCUT2D eigenvalue weighted by atomic mass is 19.1. The van der Waals surface area contributed by atoms with Crippen molar-refractivity contribution < 1.29 is 9.13 Å². The summed E-state index contributed by atoms with van der Waals surface area (Å²) in [5.74, 6) is 0.992. The number of ether oxygens (including phenoxy) is 1. The third-order valence-corrected chi connectivity index (χ3v) is 5.13. The van der Waals surface area contributed by atoms with E-state index in [1.807, 2.05) is 13.2 Å². The Bertz CT molecular complexity index is 1430. The second-order valence-corrected chi connectivity index (χ2v) is 7.44. The van der Waals surface area contributed by atoms with Crippen LogP contribution in [0.4, 0.5) is 16.0 Å². The molecule has 0 fully saturated rings. The van der Waals surface area contributed by atoms with Crippen LogP contribution in [-0.4, -0.2) is 46.8 Å². The summed E-state index contributed by atoms with van der Waals surface area (Å²) < 4.78 is 22.3. The Morgan fingerprint density at radius 1 is 1.12 bits per heavy atom. The molecule has 11 heteroatoms. The van der Waals surface area contributed by atoms with Gasteiger partial charge in [0.1, 0.15) is 22.9 Å². The molecule has 0 bridgehead atoms. The molecule has 1 N–H and O–H groups in total. The van der Waals surface area contributed by atoms with Crippen molar-refractivity contribution in [1.82, 2.24) is 39.7 Å². The lowest BCUT2D eigenvalue weighted by atomic mass is 10.1. The summed E-state index contributed by atoms with van der Waals surface area (Å²) in [6.45, 7) is 1.89. The van der Waals surface area contributed by atoms with Crippen LogP contribution in [0, 0.1) is 12.7 Å². The first kappa shape index (κ1) is 20.5. The predicted octanol–water partition coefficient (Wildman–Crippen LogP) is 3.34. The normalized spacial score (nSPS) is 11.2. The molecular weight excluding hydrogens is 425 g/mol. The van der Waals surface area contributed by atoms with Gasteiger partial charge in [-0.05, 0) is 18.6 Å². The maximum absolute atomic E-state index is 15.3. The molecule has 0 unspecified atom stereocenters. The van der Waals surface area contributed by atoms with Crippen molar-refractivity contribution >= 4 is 22.8 Å². The molecule has 166 valence electrons. The zero-order valence-electron chi connectivity index (χ0n) is 18.2. The first-order valence-electron chi connectivity index (χ1n) is 10.1. The van der Waals surface area contributed by atoms with Gasteiger partial charge >= 0.3 is 0 Å². The van der Waals surface area contributed by atoms with E-state index in [0.717, 1.165) is 5.56 Å². The summed E-state index contributed by atoms with van der Waals surface area (Å²) in [6.07, 6.45) is 10.1. The van der Waals surface area contributed by atoms with Crippen molar-refractivity contribution in [3.05, 3.63) is 66.5 Å². The molecule has 0 saturated heterocycles. The number of nitrogens with one attached hydrogen (secondary N) is 1. The Morgan fingerprint density at radius 2 is 2.00 bits per heavy atom. The van der Waals surface area contributed by atoms with Crippen molar-refractivity contribution in [2.24, 2.45) is 7.05 Å². The monoisotopic (exact) mass is 445 g/mol. The minimum Gasteiger partial charge on any atom is -0.497 e. The van der Waals surface area contributed by atoms with E-state index in [1.165, 1.54) is 7.11 Å². The van der Waals surface area contributed by atoms with Gasteiger partial charge in [0.15, 0.2) is 5.65 Å². The highest BCUT2D eigenvalue weighted by Gasteiger charge is 2.21. The van der Waals surface area contributed by atoms with Gasteiger partial charge in [0.2, 0.25) is 5.95 Å². The number of aromatic amines is 1. The van der Waals surface area contributed by atoms with Crippen LogP contribution in [-0.2, 0) is 13.6 Å². The summed E-state index contributed by atoms with van der Waals surface area (Å²) in [6, 6.07) is 3.24. The molecule has 33 heavy (non-hydrogen) atoms. The fourth-order valence-corrected chi connectivity index (χ4v) is 3.46. The highest BCUT2D eigenvalue weighted by Crippen LogP contribution is 2.33. The number of fused-ring (bicyclic) bond motifs is 1. The number of imidazole rings is 1. The molecule has 0 saturated carbocycles. The van der Waals surface area contributed by atoms with Crippen LogP contribution in [0.2, 0.25) is 0 Å². The van der Waals surface area contributed by atoms with Crippen molar-refractivity contribution in [2.45, 2.75) is 13.5 Å². The van der Waals surface area contributed by atoms with Crippen LogP contribution >= 0.6 is 0 Å². The maximum atomic E-state index is 15.3. The Kier molecular flexibility index (Phi) is 5.13. The molecule has 0 aliphatic rings. The Morgan fingerprint density at radius 3 is 2.73 bits per heavy atom. The van der Waals surface area contributed by atoms with Crippen molar-refractivity contribution in [3.8, 4) is 17.0 Å². The van der Waals surface area contributed by atoms with E-state index >= 15 is 4.39 Å². The third-order valence-electron chi connectivity index (χ3n) is 5.13. The number of benzene rings is 1. The highest BCUT2D eigenvalue weighted by molar-refractivity contribution is 5.74. The Balaban J connectivity index is 1.64. The average Bonchev–Trinajstić information content (AvgIpc) is 3.50. The molecule has 4 heterocycles. The van der Waals surface area contributed by atoms with E-state index in [4.69, 9.17) is 4.74 Å². The summed E-state index contributed by atoms with van der Waals surface area (Å²) in [5, 5.41) is 4.18. The Hall–Kier alpha value is -4.41. The molecule has 4 aromatic heterocycles. The van der Waals surface area contributed by atoms with Crippen LogP contribution in [0.5, 0.6) is 5.75 Å². The zero-order chi connectivity index (χ0) is 22.9. The molecule has 0 aliphatic heterocycles. The zero-order valence-corrected chi connectivity index (χ0v) is 18.2. The van der Waals surface area contributed by atoms with E-state index in [9.17, 15) is 0 Å². The summed E-state index contributed by atoms with van der Waals surface area (Å²) in [5.41, 5.74) is 3.04. The predicted molar refractivity (Wildman–Crippen MR) is 119 cm³/mol. The molecule has 0 aliphatic carbocycles. The molecule has 0 atom stereocenters. The topological polar surface area (TPSA) is 111 Å². The number of hydrogen-bond acceptors (Lipinski definition) is 8. The van der Waals surface area contributed by atoms with Gasteiger partial charge in [0, 0.05) is 37.3 Å². The lowest BCUT2D eigenvalue weighted by Crippen LogP contribution is -2.21. The minimum atomic E-state index is -0.402. The molecule has 5 aromatic rings. The minimum absolute atomic E-state index is 0.206. The summed E-state index contributed by atoms with van der Waals surface area (Å²) >= 11 is 0. The molecule has 5 rings (SSSR count). The first-order chi connectivity index (χ1) is 16.0. The molecule has 10 nitrogen and oxygen atoms in total. The van der Waals surface area contributed by atoms with E-state index in [-0.39, 0.29) is 18.2 Å². The lowest BCUT2D eigenvalue weighted by Gasteiger charge is -2.23. The van der Waals surface area contributed by atoms with Crippen molar-refractivity contribution in [3.63, 3.8) is 0 Å². The fourth-order valence-electron chi connectivity index (χ4n) is 3.46. The van der Waals surface area contributed by atoms with Crippen LogP contribution in [0.15, 0.2) is 49.3 Å². The van der Waals surface area contributed by atoms with Gasteiger partial charge in [-0.2, -0.15) is 10.1 Å². The second-order valence-electron chi connectivity index (χ2n) is 7.44. The van der Waals surface area contributed by atoms with Gasteiger partial charge in [0.25, 0.3) is 0 Å². The maximum Gasteiger partial charge on any atom is 0.232 e. The molecule has 0 spiro atoms.